The number of nitrogens with zero attached hydrogens (tertiary/aromatic N) is 2. The van der Waals surface area contributed by atoms with Crippen LogP contribution in [0.15, 0.2) is 0 Å². The molecule has 3 nitrogen and oxygen atoms in total. The number of likely N-dealkylation sites (tertiary alicyclic amines) is 2. The zero-order valence-corrected chi connectivity index (χ0v) is 10.4. The van der Waals surface area contributed by atoms with Gasteiger partial charge >= 0.3 is 0 Å². The summed E-state index contributed by atoms with van der Waals surface area (Å²) in [4.78, 5) is 5.44. The second-order valence-electron chi connectivity index (χ2n) is 6.04. The molecule has 3 atom stereocenters. The van der Waals surface area contributed by atoms with E-state index in [9.17, 15) is 0 Å². The first-order chi connectivity index (χ1) is 7.74. The molecule has 2 heterocycles. The van der Waals surface area contributed by atoms with E-state index >= 15 is 0 Å². The molecule has 0 aromatic carbocycles. The highest BCUT2D eigenvalue weighted by atomic mass is 15.3. The standard InChI is InChI=1S/C13H25N3/c1-10-8-11(14)4-7-16(10)13-5-6-15(9-13)12-2-3-12/h10-13H,2-9,14H2,1H3. The van der Waals surface area contributed by atoms with Crippen LogP contribution in [-0.4, -0.2) is 53.6 Å². The average molecular weight is 223 g/mol. The Balaban J connectivity index is 1.56. The van der Waals surface area contributed by atoms with Gasteiger partial charge in [-0.2, -0.15) is 0 Å². The molecule has 2 aliphatic heterocycles. The molecule has 0 spiro atoms. The van der Waals surface area contributed by atoms with E-state index in [1.807, 2.05) is 0 Å². The van der Waals surface area contributed by atoms with Crippen molar-refractivity contribution in [2.45, 2.75) is 63.2 Å². The molecule has 0 amide bonds. The summed E-state index contributed by atoms with van der Waals surface area (Å²) in [6.45, 7) is 6.25. The summed E-state index contributed by atoms with van der Waals surface area (Å²) in [5, 5.41) is 0. The molecule has 0 radical (unpaired) electrons. The Labute approximate surface area is 99.0 Å². The molecule has 0 aromatic rings. The van der Waals surface area contributed by atoms with Crippen molar-refractivity contribution >= 4 is 0 Å². The third-order valence-electron chi connectivity index (χ3n) is 4.70. The largest absolute Gasteiger partial charge is 0.328 e. The lowest BCUT2D eigenvalue weighted by Crippen LogP contribution is -2.51. The SMILES string of the molecule is CC1CC(N)CCN1C1CCN(C2CC2)C1. The smallest absolute Gasteiger partial charge is 0.0238 e. The Bertz CT molecular complexity index is 252. The van der Waals surface area contributed by atoms with Crippen molar-refractivity contribution in [2.24, 2.45) is 5.73 Å². The molecule has 1 aliphatic carbocycles. The van der Waals surface area contributed by atoms with E-state index < -0.39 is 0 Å². The van der Waals surface area contributed by atoms with Crippen molar-refractivity contribution in [2.75, 3.05) is 19.6 Å². The van der Waals surface area contributed by atoms with E-state index in [-0.39, 0.29) is 0 Å². The number of hydrogen-bond donors (Lipinski definition) is 1. The predicted octanol–water partition coefficient (Wildman–Crippen LogP) is 1.03. The minimum Gasteiger partial charge on any atom is -0.328 e. The topological polar surface area (TPSA) is 32.5 Å². The lowest BCUT2D eigenvalue weighted by molar-refractivity contribution is 0.0974. The van der Waals surface area contributed by atoms with Gasteiger partial charge in [0.15, 0.2) is 0 Å². The quantitative estimate of drug-likeness (QED) is 0.759. The van der Waals surface area contributed by atoms with Gasteiger partial charge in [-0.25, -0.2) is 0 Å². The Hall–Kier alpha value is -0.120. The van der Waals surface area contributed by atoms with Gasteiger partial charge < -0.3 is 5.73 Å². The molecule has 3 fully saturated rings. The molecule has 1 saturated carbocycles. The first-order valence-corrected chi connectivity index (χ1v) is 6.99. The average Bonchev–Trinajstić information content (AvgIpc) is 2.98. The van der Waals surface area contributed by atoms with Gasteiger partial charge in [0.05, 0.1) is 0 Å². The van der Waals surface area contributed by atoms with Gasteiger partial charge in [-0.3, -0.25) is 9.80 Å². The Morgan fingerprint density at radius 1 is 1.00 bits per heavy atom. The first kappa shape index (κ1) is 11.0. The highest BCUT2D eigenvalue weighted by molar-refractivity contribution is 4.95. The summed E-state index contributed by atoms with van der Waals surface area (Å²) in [6.07, 6.45) is 6.68. The third kappa shape index (κ3) is 2.13. The zero-order chi connectivity index (χ0) is 11.1. The second-order valence-corrected chi connectivity index (χ2v) is 6.04. The van der Waals surface area contributed by atoms with Crippen LogP contribution >= 0.6 is 0 Å². The molecular formula is C13H25N3. The van der Waals surface area contributed by atoms with Gasteiger partial charge in [0.2, 0.25) is 0 Å². The second kappa shape index (κ2) is 4.28. The Morgan fingerprint density at radius 3 is 2.50 bits per heavy atom. The van der Waals surface area contributed by atoms with Crippen molar-refractivity contribution in [3.63, 3.8) is 0 Å². The maximum atomic E-state index is 6.03. The van der Waals surface area contributed by atoms with Gasteiger partial charge in [-0.1, -0.05) is 0 Å². The fraction of sp³-hybridized carbons (Fsp3) is 1.00. The molecule has 2 saturated heterocycles. The predicted molar refractivity (Wildman–Crippen MR) is 66.4 cm³/mol. The summed E-state index contributed by atoms with van der Waals surface area (Å²) in [5.74, 6) is 0. The molecule has 16 heavy (non-hydrogen) atoms. The fourth-order valence-electron chi connectivity index (χ4n) is 3.58. The van der Waals surface area contributed by atoms with Crippen LogP contribution in [0.4, 0.5) is 0 Å². The lowest BCUT2D eigenvalue weighted by Gasteiger charge is -2.40. The molecule has 3 aliphatic rings. The zero-order valence-electron chi connectivity index (χ0n) is 10.4. The van der Waals surface area contributed by atoms with Crippen LogP contribution in [0.5, 0.6) is 0 Å². The maximum absolute atomic E-state index is 6.03. The number of nitrogens with two attached hydrogens (primary N) is 1. The first-order valence-electron chi connectivity index (χ1n) is 6.99. The van der Waals surface area contributed by atoms with Crippen LogP contribution in [0.3, 0.4) is 0 Å². The van der Waals surface area contributed by atoms with E-state index in [1.165, 1.54) is 51.7 Å². The van der Waals surface area contributed by atoms with E-state index in [4.69, 9.17) is 5.73 Å². The highest BCUT2D eigenvalue weighted by Crippen LogP contribution is 2.32. The van der Waals surface area contributed by atoms with Crippen molar-refractivity contribution < 1.29 is 0 Å². The van der Waals surface area contributed by atoms with E-state index in [2.05, 4.69) is 16.7 Å². The van der Waals surface area contributed by atoms with Gasteiger partial charge in [0.25, 0.3) is 0 Å². The summed E-state index contributed by atoms with van der Waals surface area (Å²) in [6, 6.07) is 2.93. The van der Waals surface area contributed by atoms with Crippen LogP contribution in [-0.2, 0) is 0 Å². The van der Waals surface area contributed by atoms with E-state index in [1.54, 1.807) is 0 Å². The molecule has 2 N–H and O–H groups in total. The Kier molecular flexibility index (Phi) is 2.94. The van der Waals surface area contributed by atoms with Crippen LogP contribution in [0.2, 0.25) is 0 Å². The molecule has 0 aromatic heterocycles. The minimum absolute atomic E-state index is 0.451. The monoisotopic (exact) mass is 223 g/mol. The summed E-state index contributed by atoms with van der Waals surface area (Å²) < 4.78 is 0. The van der Waals surface area contributed by atoms with Crippen LogP contribution in [0.1, 0.15) is 39.0 Å². The maximum Gasteiger partial charge on any atom is 0.0238 e. The third-order valence-corrected chi connectivity index (χ3v) is 4.70. The number of rotatable bonds is 2. The lowest BCUT2D eigenvalue weighted by atomic mass is 9.97. The number of hydrogen-bond acceptors (Lipinski definition) is 3. The van der Waals surface area contributed by atoms with Crippen molar-refractivity contribution in [3.8, 4) is 0 Å². The normalized spacial score (nSPS) is 42.8. The fourth-order valence-corrected chi connectivity index (χ4v) is 3.58. The van der Waals surface area contributed by atoms with Gasteiger partial charge in [-0.05, 0) is 39.0 Å². The Morgan fingerprint density at radius 2 is 1.81 bits per heavy atom. The summed E-state index contributed by atoms with van der Waals surface area (Å²) >= 11 is 0. The van der Waals surface area contributed by atoms with E-state index in [0.29, 0.717) is 12.1 Å². The molecular weight excluding hydrogens is 198 g/mol. The summed E-state index contributed by atoms with van der Waals surface area (Å²) in [7, 11) is 0. The molecule has 92 valence electrons. The van der Waals surface area contributed by atoms with Crippen molar-refractivity contribution in [1.82, 2.24) is 9.80 Å². The van der Waals surface area contributed by atoms with Crippen molar-refractivity contribution in [1.29, 1.82) is 0 Å². The van der Waals surface area contributed by atoms with Crippen LogP contribution in [0, 0.1) is 0 Å². The van der Waals surface area contributed by atoms with Gasteiger partial charge in [-0.15, -0.1) is 0 Å². The molecule has 3 unspecified atom stereocenters. The van der Waals surface area contributed by atoms with Crippen LogP contribution in [0.25, 0.3) is 0 Å². The summed E-state index contributed by atoms with van der Waals surface area (Å²) in [5.41, 5.74) is 6.03. The van der Waals surface area contributed by atoms with Gasteiger partial charge in [0, 0.05) is 43.8 Å². The highest BCUT2D eigenvalue weighted by Gasteiger charge is 2.38. The molecule has 3 heteroatoms. The van der Waals surface area contributed by atoms with E-state index in [0.717, 1.165) is 12.1 Å². The van der Waals surface area contributed by atoms with Gasteiger partial charge in [0.1, 0.15) is 0 Å². The molecule has 3 rings (SSSR count). The number of piperidine rings is 1. The van der Waals surface area contributed by atoms with Crippen molar-refractivity contribution in [3.05, 3.63) is 0 Å². The van der Waals surface area contributed by atoms with Crippen LogP contribution < -0.4 is 5.73 Å². The molecule has 0 bridgehead atoms. The minimum atomic E-state index is 0.451.